The summed E-state index contributed by atoms with van der Waals surface area (Å²) in [5.41, 5.74) is 4.36. The third kappa shape index (κ3) is 6.76. The standard InChI is InChI=1S/C26H29N3O5S/c1-35-15-13-23(25(31)32)28-24(30)22(12-6-7-14-27)29-26(33)34-16-21-19-10-4-2-8-17(19)18-9-3-5-11-20(18)21/h2-5,8-11,21-23H,6-7,12-13,15-16H2,1H3,(H,28,30)(H,29,33)(H,31,32)/t22?,23-/m1/s1. The number of benzene rings is 2. The molecule has 9 heteroatoms. The van der Waals surface area contributed by atoms with Crippen molar-refractivity contribution in [3.05, 3.63) is 59.7 Å². The molecule has 2 atom stereocenters. The number of carbonyl (C=O) groups excluding carboxylic acids is 2. The van der Waals surface area contributed by atoms with Crippen LogP contribution in [0.3, 0.4) is 0 Å². The molecule has 0 saturated heterocycles. The van der Waals surface area contributed by atoms with E-state index >= 15 is 0 Å². The molecule has 0 radical (unpaired) electrons. The Morgan fingerprint density at radius 3 is 2.23 bits per heavy atom. The lowest BCUT2D eigenvalue weighted by atomic mass is 9.98. The number of hydrogen-bond donors (Lipinski definition) is 3. The second kappa shape index (κ2) is 12.8. The summed E-state index contributed by atoms with van der Waals surface area (Å²) in [7, 11) is 0. The van der Waals surface area contributed by atoms with Gasteiger partial charge < -0.3 is 20.5 Å². The van der Waals surface area contributed by atoms with Crippen molar-refractivity contribution in [3.8, 4) is 17.2 Å². The third-order valence-electron chi connectivity index (χ3n) is 5.96. The summed E-state index contributed by atoms with van der Waals surface area (Å²) >= 11 is 1.48. The van der Waals surface area contributed by atoms with E-state index in [1.807, 2.05) is 60.9 Å². The normalized spacial score (nSPS) is 13.6. The number of ether oxygens (including phenoxy) is 1. The molecule has 3 rings (SSSR count). The molecule has 0 heterocycles. The number of nitrogens with zero attached hydrogens (tertiary/aromatic N) is 1. The van der Waals surface area contributed by atoms with Gasteiger partial charge in [-0.05, 0) is 53.5 Å². The first kappa shape index (κ1) is 26.1. The highest BCUT2D eigenvalue weighted by Crippen LogP contribution is 2.44. The van der Waals surface area contributed by atoms with E-state index in [0.717, 1.165) is 22.3 Å². The van der Waals surface area contributed by atoms with E-state index in [4.69, 9.17) is 10.00 Å². The van der Waals surface area contributed by atoms with Crippen LogP contribution in [0.4, 0.5) is 4.79 Å². The van der Waals surface area contributed by atoms with Gasteiger partial charge in [0.25, 0.3) is 0 Å². The van der Waals surface area contributed by atoms with Crippen LogP contribution in [0.2, 0.25) is 0 Å². The molecule has 1 unspecified atom stereocenters. The SMILES string of the molecule is CSCC[C@@H](NC(=O)C(CCCC#N)NC(=O)OCC1c2ccccc2-c2ccccc21)C(=O)O. The van der Waals surface area contributed by atoms with Crippen LogP contribution in [0.5, 0.6) is 0 Å². The number of alkyl carbamates (subject to hydrolysis) is 1. The fourth-order valence-corrected chi connectivity index (χ4v) is 4.67. The van der Waals surface area contributed by atoms with Crippen LogP contribution < -0.4 is 10.6 Å². The quantitative estimate of drug-likeness (QED) is 0.381. The van der Waals surface area contributed by atoms with Gasteiger partial charge in [-0.15, -0.1) is 0 Å². The summed E-state index contributed by atoms with van der Waals surface area (Å²) < 4.78 is 5.53. The largest absolute Gasteiger partial charge is 0.480 e. The highest BCUT2D eigenvalue weighted by molar-refractivity contribution is 7.98. The number of unbranched alkanes of at least 4 members (excludes halogenated alkanes) is 1. The molecule has 1 aliphatic carbocycles. The molecule has 0 fully saturated rings. The monoisotopic (exact) mass is 495 g/mol. The lowest BCUT2D eigenvalue weighted by Crippen LogP contribution is -2.51. The van der Waals surface area contributed by atoms with Crippen molar-refractivity contribution in [3.63, 3.8) is 0 Å². The molecule has 0 spiro atoms. The molecule has 3 N–H and O–H groups in total. The number of aliphatic carboxylic acids is 1. The first-order valence-electron chi connectivity index (χ1n) is 11.5. The van der Waals surface area contributed by atoms with E-state index in [1.54, 1.807) is 0 Å². The zero-order chi connectivity index (χ0) is 25.2. The molecular weight excluding hydrogens is 466 g/mol. The number of thioether (sulfide) groups is 1. The predicted molar refractivity (Wildman–Crippen MR) is 134 cm³/mol. The number of amides is 2. The second-order valence-electron chi connectivity index (χ2n) is 8.25. The Balaban J connectivity index is 1.65. The van der Waals surface area contributed by atoms with E-state index in [0.29, 0.717) is 12.2 Å². The van der Waals surface area contributed by atoms with E-state index < -0.39 is 30.1 Å². The fourth-order valence-electron chi connectivity index (χ4n) is 4.20. The molecular formula is C26H29N3O5S. The Bertz CT molecular complexity index is 1050. The van der Waals surface area contributed by atoms with Crippen LogP contribution in [0.1, 0.15) is 42.7 Å². The van der Waals surface area contributed by atoms with Gasteiger partial charge in [0.05, 0.1) is 6.07 Å². The Morgan fingerprint density at radius 1 is 1.03 bits per heavy atom. The van der Waals surface area contributed by atoms with Crippen molar-refractivity contribution >= 4 is 29.7 Å². The molecule has 184 valence electrons. The van der Waals surface area contributed by atoms with Gasteiger partial charge >= 0.3 is 12.1 Å². The van der Waals surface area contributed by atoms with E-state index in [-0.39, 0.29) is 31.8 Å². The van der Waals surface area contributed by atoms with Crippen LogP contribution in [0.25, 0.3) is 11.1 Å². The summed E-state index contributed by atoms with van der Waals surface area (Å²) in [6.45, 7) is 0.0951. The molecule has 8 nitrogen and oxygen atoms in total. The topological polar surface area (TPSA) is 129 Å². The maximum Gasteiger partial charge on any atom is 0.407 e. The molecule has 0 bridgehead atoms. The maximum atomic E-state index is 12.8. The minimum absolute atomic E-state index is 0.0951. The Morgan fingerprint density at radius 2 is 1.66 bits per heavy atom. The third-order valence-corrected chi connectivity index (χ3v) is 6.60. The average Bonchev–Trinajstić information content (AvgIpc) is 3.18. The van der Waals surface area contributed by atoms with Gasteiger partial charge in [-0.25, -0.2) is 9.59 Å². The Labute approximate surface area is 209 Å². The van der Waals surface area contributed by atoms with Gasteiger partial charge in [-0.3, -0.25) is 4.79 Å². The van der Waals surface area contributed by atoms with E-state index in [9.17, 15) is 19.5 Å². The van der Waals surface area contributed by atoms with Gasteiger partial charge in [0.15, 0.2) is 0 Å². The van der Waals surface area contributed by atoms with Crippen molar-refractivity contribution in [2.45, 2.75) is 43.7 Å². The van der Waals surface area contributed by atoms with Gasteiger partial charge in [0.2, 0.25) is 5.91 Å². The van der Waals surface area contributed by atoms with Crippen LogP contribution in [-0.4, -0.2) is 53.8 Å². The van der Waals surface area contributed by atoms with E-state index in [1.165, 1.54) is 11.8 Å². The summed E-state index contributed by atoms with van der Waals surface area (Å²) in [5.74, 6) is -1.30. The van der Waals surface area contributed by atoms with Gasteiger partial charge in [0.1, 0.15) is 18.7 Å². The molecule has 0 saturated carbocycles. The fraction of sp³-hybridized carbons (Fsp3) is 0.385. The number of carboxylic acid groups (broad SMARTS) is 1. The van der Waals surface area contributed by atoms with Crippen molar-refractivity contribution in [1.29, 1.82) is 5.26 Å². The molecule has 35 heavy (non-hydrogen) atoms. The van der Waals surface area contributed by atoms with Crippen LogP contribution >= 0.6 is 11.8 Å². The first-order valence-corrected chi connectivity index (χ1v) is 12.9. The first-order chi connectivity index (χ1) is 17.0. The highest BCUT2D eigenvalue weighted by Gasteiger charge is 2.30. The molecule has 2 aromatic rings. The molecule has 2 aromatic carbocycles. The minimum atomic E-state index is -1.13. The molecule has 0 aromatic heterocycles. The molecule has 1 aliphatic rings. The lowest BCUT2D eigenvalue weighted by Gasteiger charge is -2.21. The molecule has 0 aliphatic heterocycles. The summed E-state index contributed by atoms with van der Waals surface area (Å²) in [6.07, 6.45) is 2.13. The van der Waals surface area contributed by atoms with Crippen LogP contribution in [0.15, 0.2) is 48.5 Å². The van der Waals surface area contributed by atoms with Gasteiger partial charge in [0, 0.05) is 12.3 Å². The smallest absolute Gasteiger partial charge is 0.407 e. The number of carboxylic acids is 1. The number of nitrogens with one attached hydrogen (secondary N) is 2. The number of carbonyl (C=O) groups is 3. The summed E-state index contributed by atoms with van der Waals surface area (Å²) in [4.78, 5) is 37.0. The van der Waals surface area contributed by atoms with Crippen molar-refractivity contribution in [1.82, 2.24) is 10.6 Å². The highest BCUT2D eigenvalue weighted by atomic mass is 32.2. The second-order valence-corrected chi connectivity index (χ2v) is 9.24. The van der Waals surface area contributed by atoms with Crippen molar-refractivity contribution in [2.75, 3.05) is 18.6 Å². The number of nitriles is 1. The average molecular weight is 496 g/mol. The van der Waals surface area contributed by atoms with Crippen molar-refractivity contribution < 1.29 is 24.2 Å². The maximum absolute atomic E-state index is 12.8. The Hall–Kier alpha value is -3.51. The zero-order valence-corrected chi connectivity index (χ0v) is 20.3. The summed E-state index contributed by atoms with van der Waals surface area (Å²) in [6, 6.07) is 15.9. The number of hydrogen-bond acceptors (Lipinski definition) is 6. The van der Waals surface area contributed by atoms with Gasteiger partial charge in [-0.1, -0.05) is 48.5 Å². The number of rotatable bonds is 12. The van der Waals surface area contributed by atoms with Crippen molar-refractivity contribution in [2.24, 2.45) is 0 Å². The van der Waals surface area contributed by atoms with E-state index in [2.05, 4.69) is 10.6 Å². The lowest BCUT2D eigenvalue weighted by molar-refractivity contribution is -0.142. The van der Waals surface area contributed by atoms with Crippen LogP contribution in [0, 0.1) is 11.3 Å². The predicted octanol–water partition coefficient (Wildman–Crippen LogP) is 3.91. The summed E-state index contributed by atoms with van der Waals surface area (Å²) in [5, 5.41) is 23.3. The Kier molecular flexibility index (Phi) is 9.56. The zero-order valence-electron chi connectivity index (χ0n) is 19.5. The molecule has 2 amide bonds. The van der Waals surface area contributed by atoms with Crippen LogP contribution in [-0.2, 0) is 14.3 Å². The van der Waals surface area contributed by atoms with Gasteiger partial charge in [-0.2, -0.15) is 17.0 Å². The number of fused-ring (bicyclic) bond motifs is 3. The minimum Gasteiger partial charge on any atom is -0.480 e.